The molecule has 9 N–H and O–H groups in total. The molecule has 2 unspecified atom stereocenters. The van der Waals surface area contributed by atoms with Crippen molar-refractivity contribution in [1.29, 1.82) is 0 Å². The summed E-state index contributed by atoms with van der Waals surface area (Å²) in [7, 11) is 0. The number of rotatable bonds is 5. The SMILES string of the molecule is O=C(O)CC1C(=O)O[C@H]2[C@H](O)[C@@H](OC(=O)c3cc(O)c(O)c4c3C1[C@H](O)C(=O)O4)[C@H](OC(=O)c1cc(O)c(O)c(O)c1)O[C@@H]2CO. The van der Waals surface area contributed by atoms with Crippen LogP contribution in [0.25, 0.3) is 0 Å². The Bertz CT molecular complexity index is 1610. The summed E-state index contributed by atoms with van der Waals surface area (Å²) in [6.45, 7) is -1.06. The zero-order valence-electron chi connectivity index (χ0n) is 22.9. The van der Waals surface area contributed by atoms with E-state index in [-0.39, 0.29) is 0 Å². The van der Waals surface area contributed by atoms with Crippen molar-refractivity contribution in [2.45, 2.75) is 49.1 Å². The molecule has 19 heteroatoms. The molecule has 1 saturated heterocycles. The number of esters is 4. The van der Waals surface area contributed by atoms with E-state index >= 15 is 0 Å². The third-order valence-electron chi connectivity index (χ3n) is 7.56. The van der Waals surface area contributed by atoms with Gasteiger partial charge in [-0.25, -0.2) is 14.4 Å². The number of aliphatic hydroxyl groups excluding tert-OH is 3. The minimum Gasteiger partial charge on any atom is -0.504 e. The van der Waals surface area contributed by atoms with E-state index in [4.69, 9.17) is 23.7 Å². The summed E-state index contributed by atoms with van der Waals surface area (Å²) in [5, 5.41) is 91.4. The zero-order valence-corrected chi connectivity index (χ0v) is 22.9. The fourth-order valence-corrected chi connectivity index (χ4v) is 5.40. The Morgan fingerprint density at radius 3 is 2.09 bits per heavy atom. The Balaban J connectivity index is 1.64. The lowest BCUT2D eigenvalue weighted by Gasteiger charge is -2.42. The van der Waals surface area contributed by atoms with Gasteiger partial charge in [-0.1, -0.05) is 0 Å². The first-order valence-electron chi connectivity index (χ1n) is 13.2. The molecule has 3 aliphatic heterocycles. The van der Waals surface area contributed by atoms with Crippen molar-refractivity contribution in [3.63, 3.8) is 0 Å². The second-order valence-electron chi connectivity index (χ2n) is 10.4. The molecule has 3 aliphatic rings. The van der Waals surface area contributed by atoms with Gasteiger partial charge in [-0.2, -0.15) is 0 Å². The van der Waals surface area contributed by atoms with Gasteiger partial charge in [-0.3, -0.25) is 9.59 Å². The molecule has 0 saturated carbocycles. The van der Waals surface area contributed by atoms with Crippen LogP contribution in [0, 0.1) is 5.92 Å². The van der Waals surface area contributed by atoms with Gasteiger partial charge < -0.3 is 69.6 Å². The van der Waals surface area contributed by atoms with Crippen molar-refractivity contribution in [1.82, 2.24) is 0 Å². The quantitative estimate of drug-likeness (QED) is 0.0733. The molecule has 0 amide bonds. The molecular weight excluding hydrogens is 628 g/mol. The molecule has 5 rings (SSSR count). The Labute approximate surface area is 254 Å². The summed E-state index contributed by atoms with van der Waals surface area (Å²) in [6.07, 6.45) is -13.7. The summed E-state index contributed by atoms with van der Waals surface area (Å²) < 4.78 is 26.2. The summed E-state index contributed by atoms with van der Waals surface area (Å²) in [6, 6.07) is 1.92. The average Bonchev–Trinajstić information content (AvgIpc) is 3.00. The molecule has 0 aromatic heterocycles. The number of carboxylic acid groups (broad SMARTS) is 1. The Hall–Kier alpha value is -5.37. The molecule has 19 nitrogen and oxygen atoms in total. The summed E-state index contributed by atoms with van der Waals surface area (Å²) in [4.78, 5) is 64.4. The number of phenolic OH excluding ortho intramolecular Hbond substituents is 5. The maximum atomic E-state index is 13.6. The highest BCUT2D eigenvalue weighted by atomic mass is 16.7. The molecule has 0 aliphatic carbocycles. The van der Waals surface area contributed by atoms with E-state index in [2.05, 4.69) is 0 Å². The lowest BCUT2D eigenvalue weighted by molar-refractivity contribution is -0.288. The standard InChI is InChI=1S/C27H24O19/c28-5-12-20-19(37)22(27(42-12)46-23(38)6-1-9(29)16(34)10(30)2-6)45-24(39)7-3-11(31)17(35)21-15(7)14(18(36)26(41)44-21)8(4-13(32)33)25(40)43-20/h1-3,8,12,14,18-20,22,27-31,34-37H,4-5H2,(H,32,33)/t8?,12-,14?,18+,19+,20-,22-,27+/m1/s1. The molecule has 2 bridgehead atoms. The first-order valence-corrected chi connectivity index (χ1v) is 13.2. The first-order chi connectivity index (χ1) is 21.6. The summed E-state index contributed by atoms with van der Waals surface area (Å²) >= 11 is 0. The minimum atomic E-state index is -2.35. The monoisotopic (exact) mass is 652 g/mol. The smallest absolute Gasteiger partial charge is 0.341 e. The third-order valence-corrected chi connectivity index (χ3v) is 7.56. The fourth-order valence-electron chi connectivity index (χ4n) is 5.40. The van der Waals surface area contributed by atoms with Crippen molar-refractivity contribution in [2.75, 3.05) is 6.61 Å². The first kappa shape index (κ1) is 32.0. The van der Waals surface area contributed by atoms with Crippen molar-refractivity contribution in [3.05, 3.63) is 34.9 Å². The van der Waals surface area contributed by atoms with Crippen LogP contribution >= 0.6 is 0 Å². The highest BCUT2D eigenvalue weighted by Gasteiger charge is 2.55. The lowest BCUT2D eigenvalue weighted by Crippen LogP contribution is -2.62. The summed E-state index contributed by atoms with van der Waals surface area (Å²) in [5.41, 5.74) is -2.06. The number of ether oxygens (including phenoxy) is 5. The molecule has 0 radical (unpaired) electrons. The maximum Gasteiger partial charge on any atom is 0.341 e. The minimum absolute atomic E-state index is 0.573. The highest BCUT2D eigenvalue weighted by Crippen LogP contribution is 2.51. The van der Waals surface area contributed by atoms with Crippen LogP contribution in [0.15, 0.2) is 18.2 Å². The lowest BCUT2D eigenvalue weighted by atomic mass is 9.76. The molecule has 8 atom stereocenters. The highest BCUT2D eigenvalue weighted by molar-refractivity contribution is 5.97. The number of hydrogen-bond donors (Lipinski definition) is 9. The number of aliphatic hydroxyl groups is 3. The van der Waals surface area contributed by atoms with Crippen LogP contribution in [0.5, 0.6) is 34.5 Å². The number of carboxylic acids is 1. The number of benzene rings is 2. The molecular formula is C27H24O19. The topological polar surface area (TPSA) is 314 Å². The average molecular weight is 652 g/mol. The fraction of sp³-hybridized carbons (Fsp3) is 0.370. The van der Waals surface area contributed by atoms with E-state index in [0.29, 0.717) is 18.2 Å². The third kappa shape index (κ3) is 5.40. The second kappa shape index (κ2) is 11.9. The number of aliphatic carboxylic acids is 1. The number of carbonyl (C=O) groups excluding carboxylic acids is 4. The number of carbonyl (C=O) groups is 5. The van der Waals surface area contributed by atoms with E-state index in [1.807, 2.05) is 0 Å². The van der Waals surface area contributed by atoms with Crippen molar-refractivity contribution in [2.24, 2.45) is 5.92 Å². The van der Waals surface area contributed by atoms with Gasteiger partial charge >= 0.3 is 29.8 Å². The zero-order chi connectivity index (χ0) is 33.8. The van der Waals surface area contributed by atoms with Crippen LogP contribution in [0.1, 0.15) is 38.6 Å². The number of fused-ring (bicyclic) bond motifs is 2. The predicted molar refractivity (Wildman–Crippen MR) is 138 cm³/mol. The van der Waals surface area contributed by atoms with Gasteiger partial charge in [0.2, 0.25) is 12.0 Å². The Morgan fingerprint density at radius 1 is 0.848 bits per heavy atom. The number of hydrogen-bond acceptors (Lipinski definition) is 18. The predicted octanol–water partition coefficient (Wildman–Crippen LogP) is -1.95. The van der Waals surface area contributed by atoms with Crippen molar-refractivity contribution in [3.8, 4) is 34.5 Å². The second-order valence-corrected chi connectivity index (χ2v) is 10.4. The number of aromatic hydroxyl groups is 5. The van der Waals surface area contributed by atoms with Crippen molar-refractivity contribution >= 4 is 29.8 Å². The molecule has 3 heterocycles. The summed E-state index contributed by atoms with van der Waals surface area (Å²) in [5.74, 6) is -17.6. The van der Waals surface area contributed by atoms with Crippen LogP contribution < -0.4 is 4.74 Å². The van der Waals surface area contributed by atoms with Gasteiger partial charge in [0.15, 0.2) is 47.1 Å². The van der Waals surface area contributed by atoms with E-state index in [1.54, 1.807) is 0 Å². The molecule has 246 valence electrons. The molecule has 1 fully saturated rings. The van der Waals surface area contributed by atoms with E-state index in [1.165, 1.54) is 0 Å². The van der Waals surface area contributed by atoms with Gasteiger partial charge in [0.05, 0.1) is 30.1 Å². The molecule has 2 aromatic carbocycles. The van der Waals surface area contributed by atoms with Crippen LogP contribution in [0.4, 0.5) is 0 Å². The van der Waals surface area contributed by atoms with Crippen LogP contribution in [0.2, 0.25) is 0 Å². The van der Waals surface area contributed by atoms with Crippen LogP contribution in [0.3, 0.4) is 0 Å². The van der Waals surface area contributed by atoms with E-state index in [9.17, 15) is 69.9 Å². The number of phenols is 5. The van der Waals surface area contributed by atoms with Gasteiger partial charge in [0, 0.05) is 11.5 Å². The Morgan fingerprint density at radius 2 is 1.48 bits per heavy atom. The normalized spacial score (nSPS) is 28.9. The van der Waals surface area contributed by atoms with Gasteiger partial charge in [0.25, 0.3) is 0 Å². The van der Waals surface area contributed by atoms with Crippen molar-refractivity contribution < 1.29 is 93.6 Å². The van der Waals surface area contributed by atoms with Gasteiger partial charge in [-0.05, 0) is 18.2 Å². The van der Waals surface area contributed by atoms with Crippen LogP contribution in [-0.4, -0.2) is 119 Å². The van der Waals surface area contributed by atoms with Gasteiger partial charge in [0.1, 0.15) is 12.2 Å². The molecule has 46 heavy (non-hydrogen) atoms. The van der Waals surface area contributed by atoms with E-state index < -0.39 is 143 Å². The largest absolute Gasteiger partial charge is 0.504 e. The van der Waals surface area contributed by atoms with Crippen LogP contribution in [-0.2, 0) is 33.3 Å². The maximum absolute atomic E-state index is 13.6. The molecule has 0 spiro atoms. The molecule has 2 aromatic rings. The Kier molecular flexibility index (Phi) is 8.26. The van der Waals surface area contributed by atoms with Gasteiger partial charge in [-0.15, -0.1) is 0 Å². The van der Waals surface area contributed by atoms with E-state index in [0.717, 1.165) is 0 Å².